The van der Waals surface area contributed by atoms with Crippen molar-refractivity contribution >= 4 is 49.9 Å². The Balaban J connectivity index is 2.08. The third-order valence-electron chi connectivity index (χ3n) is 3.73. The van der Waals surface area contributed by atoms with Gasteiger partial charge >= 0.3 is 6.16 Å². The van der Waals surface area contributed by atoms with E-state index in [1.54, 1.807) is 30.3 Å². The van der Waals surface area contributed by atoms with Gasteiger partial charge < -0.3 is 14.2 Å². The molecule has 0 radical (unpaired) electrons. The number of hydrogen-bond acceptors (Lipinski definition) is 8. The number of hydrazone groups is 1. The summed E-state index contributed by atoms with van der Waals surface area (Å²) in [6, 6.07) is 11.1. The van der Waals surface area contributed by atoms with Crippen molar-refractivity contribution < 1.29 is 32.2 Å². The van der Waals surface area contributed by atoms with E-state index in [9.17, 15) is 18.0 Å². The maximum Gasteiger partial charge on any atom is 0.513 e. The van der Waals surface area contributed by atoms with Crippen LogP contribution in [0.5, 0.6) is 11.5 Å². The fraction of sp³-hybridized carbons (Fsp3) is 0.211. The Kier molecular flexibility index (Phi) is 8.39. The summed E-state index contributed by atoms with van der Waals surface area (Å²) in [4.78, 5) is 23.5. The van der Waals surface area contributed by atoms with Crippen molar-refractivity contribution in [3.63, 3.8) is 0 Å². The highest BCUT2D eigenvalue weighted by atomic mass is 79.9. The van der Waals surface area contributed by atoms with Crippen LogP contribution in [-0.2, 0) is 19.6 Å². The highest BCUT2D eigenvalue weighted by Crippen LogP contribution is 2.28. The summed E-state index contributed by atoms with van der Waals surface area (Å²) in [6.45, 7) is -0.456. The van der Waals surface area contributed by atoms with Crippen molar-refractivity contribution in [2.24, 2.45) is 5.10 Å². The fourth-order valence-electron chi connectivity index (χ4n) is 2.36. The number of anilines is 1. The van der Waals surface area contributed by atoms with E-state index in [1.165, 1.54) is 32.6 Å². The molecule has 0 unspecified atom stereocenters. The van der Waals surface area contributed by atoms with Gasteiger partial charge in [-0.15, -0.1) is 0 Å². The third-order valence-corrected chi connectivity index (χ3v) is 5.37. The lowest BCUT2D eigenvalue weighted by molar-refractivity contribution is -0.119. The van der Waals surface area contributed by atoms with Gasteiger partial charge in [0.15, 0.2) is 11.5 Å². The van der Waals surface area contributed by atoms with E-state index in [-0.39, 0.29) is 11.5 Å². The molecule has 0 aliphatic carbocycles. The number of sulfonamides is 1. The van der Waals surface area contributed by atoms with Crippen LogP contribution in [0.25, 0.3) is 0 Å². The molecule has 0 saturated carbocycles. The van der Waals surface area contributed by atoms with Gasteiger partial charge in [-0.25, -0.2) is 18.6 Å². The van der Waals surface area contributed by atoms with Crippen LogP contribution in [0.1, 0.15) is 5.56 Å². The van der Waals surface area contributed by atoms with Crippen LogP contribution < -0.4 is 19.2 Å². The molecule has 0 aliphatic heterocycles. The lowest BCUT2D eigenvalue weighted by Gasteiger charge is -2.21. The molecular weight excluding hydrogens is 494 g/mol. The van der Waals surface area contributed by atoms with Crippen LogP contribution >= 0.6 is 15.9 Å². The molecule has 0 spiro atoms. The molecule has 0 heterocycles. The number of hydrogen-bond donors (Lipinski definition) is 1. The number of nitrogens with zero attached hydrogens (tertiary/aromatic N) is 2. The Morgan fingerprint density at radius 2 is 1.90 bits per heavy atom. The average molecular weight is 514 g/mol. The molecule has 0 bridgehead atoms. The van der Waals surface area contributed by atoms with Gasteiger partial charge in [0, 0.05) is 4.47 Å². The van der Waals surface area contributed by atoms with Gasteiger partial charge in [-0.05, 0) is 42.0 Å². The first-order chi connectivity index (χ1) is 14.6. The SMILES string of the molecule is COC(=O)Oc1ccc(/C=N\NC(=O)CN(c2cccc(Br)c2)S(C)(=O)=O)cc1OC. The summed E-state index contributed by atoms with van der Waals surface area (Å²) >= 11 is 3.27. The largest absolute Gasteiger partial charge is 0.513 e. The molecule has 1 N–H and O–H groups in total. The Hall–Kier alpha value is -3.12. The molecule has 0 atom stereocenters. The van der Waals surface area contributed by atoms with Gasteiger partial charge in [0.1, 0.15) is 6.54 Å². The van der Waals surface area contributed by atoms with Crippen molar-refractivity contribution in [1.29, 1.82) is 0 Å². The number of benzene rings is 2. The molecule has 0 fully saturated rings. The monoisotopic (exact) mass is 513 g/mol. The molecule has 166 valence electrons. The number of methoxy groups -OCH3 is 2. The van der Waals surface area contributed by atoms with Crippen LogP contribution in [0.3, 0.4) is 0 Å². The molecule has 10 nitrogen and oxygen atoms in total. The topological polar surface area (TPSA) is 124 Å². The van der Waals surface area contributed by atoms with Gasteiger partial charge in [-0.3, -0.25) is 9.10 Å². The van der Waals surface area contributed by atoms with E-state index in [1.807, 2.05) is 0 Å². The summed E-state index contributed by atoms with van der Waals surface area (Å²) in [5.41, 5.74) is 3.14. The van der Waals surface area contributed by atoms with Gasteiger partial charge in [0.05, 0.1) is 32.4 Å². The predicted molar refractivity (Wildman–Crippen MR) is 118 cm³/mol. The molecule has 31 heavy (non-hydrogen) atoms. The molecule has 0 aromatic heterocycles. The normalized spacial score (nSPS) is 11.1. The lowest BCUT2D eigenvalue weighted by Crippen LogP contribution is -2.39. The van der Waals surface area contributed by atoms with Crippen molar-refractivity contribution in [3.8, 4) is 11.5 Å². The van der Waals surface area contributed by atoms with E-state index in [4.69, 9.17) is 9.47 Å². The van der Waals surface area contributed by atoms with Crippen LogP contribution in [-0.4, -0.2) is 53.7 Å². The number of halogens is 1. The zero-order valence-corrected chi connectivity index (χ0v) is 19.3. The lowest BCUT2D eigenvalue weighted by atomic mass is 10.2. The number of nitrogens with one attached hydrogen (secondary N) is 1. The van der Waals surface area contributed by atoms with Crippen LogP contribution in [0.15, 0.2) is 52.0 Å². The molecule has 2 rings (SSSR count). The second kappa shape index (κ2) is 10.8. The third kappa shape index (κ3) is 7.26. The Labute approximate surface area is 188 Å². The summed E-state index contributed by atoms with van der Waals surface area (Å²) in [7, 11) is -1.13. The molecule has 1 amide bonds. The minimum atomic E-state index is -3.70. The quantitative estimate of drug-likeness (QED) is 0.249. The first-order valence-corrected chi connectivity index (χ1v) is 11.3. The predicted octanol–water partition coefficient (Wildman–Crippen LogP) is 2.52. The summed E-state index contributed by atoms with van der Waals surface area (Å²) in [6.07, 6.45) is 1.44. The number of amides is 1. The minimum Gasteiger partial charge on any atom is -0.493 e. The molecular formula is C19H20BrN3O7S. The molecule has 0 aliphatic rings. The summed E-state index contributed by atoms with van der Waals surface area (Å²) < 4.78 is 40.4. The zero-order valence-electron chi connectivity index (χ0n) is 16.9. The Morgan fingerprint density at radius 3 is 2.52 bits per heavy atom. The second-order valence-corrected chi connectivity index (χ2v) is 8.83. The Morgan fingerprint density at radius 1 is 1.16 bits per heavy atom. The van der Waals surface area contributed by atoms with Crippen LogP contribution in [0.2, 0.25) is 0 Å². The summed E-state index contributed by atoms with van der Waals surface area (Å²) in [5.74, 6) is -0.244. The maximum atomic E-state index is 12.2. The number of carbonyl (C=O) groups excluding carboxylic acids is 2. The number of carbonyl (C=O) groups is 2. The first-order valence-electron chi connectivity index (χ1n) is 8.63. The fourth-order valence-corrected chi connectivity index (χ4v) is 3.59. The van der Waals surface area contributed by atoms with Gasteiger partial charge in [-0.2, -0.15) is 5.10 Å². The molecule has 12 heteroatoms. The molecule has 2 aromatic carbocycles. The van der Waals surface area contributed by atoms with Crippen LogP contribution in [0, 0.1) is 0 Å². The maximum absolute atomic E-state index is 12.2. The molecule has 2 aromatic rings. The van der Waals surface area contributed by atoms with E-state index < -0.39 is 28.6 Å². The smallest absolute Gasteiger partial charge is 0.493 e. The van der Waals surface area contributed by atoms with Crippen molar-refractivity contribution in [3.05, 3.63) is 52.5 Å². The molecule has 0 saturated heterocycles. The van der Waals surface area contributed by atoms with Crippen molar-refractivity contribution in [2.75, 3.05) is 31.3 Å². The van der Waals surface area contributed by atoms with E-state index in [0.29, 0.717) is 15.7 Å². The van der Waals surface area contributed by atoms with E-state index in [0.717, 1.165) is 10.6 Å². The van der Waals surface area contributed by atoms with Gasteiger partial charge in [0.25, 0.3) is 5.91 Å². The Bertz CT molecular complexity index is 1090. The standard InChI is InChI=1S/C19H20BrN3O7S/c1-28-17-9-13(7-8-16(17)30-19(25)29-2)11-21-22-18(24)12-23(31(3,26)27)15-6-4-5-14(20)10-15/h4-11H,12H2,1-3H3,(H,22,24)/b21-11-. The van der Waals surface area contributed by atoms with Crippen molar-refractivity contribution in [1.82, 2.24) is 5.43 Å². The van der Waals surface area contributed by atoms with Crippen molar-refractivity contribution in [2.45, 2.75) is 0 Å². The summed E-state index contributed by atoms with van der Waals surface area (Å²) in [5, 5.41) is 3.83. The minimum absolute atomic E-state index is 0.147. The highest BCUT2D eigenvalue weighted by Gasteiger charge is 2.20. The van der Waals surface area contributed by atoms with Crippen LogP contribution in [0.4, 0.5) is 10.5 Å². The van der Waals surface area contributed by atoms with E-state index in [2.05, 4.69) is 31.2 Å². The number of ether oxygens (including phenoxy) is 3. The average Bonchev–Trinajstić information content (AvgIpc) is 2.72. The zero-order chi connectivity index (χ0) is 23.0. The van der Waals surface area contributed by atoms with Gasteiger partial charge in [0.2, 0.25) is 10.0 Å². The van der Waals surface area contributed by atoms with Gasteiger partial charge in [-0.1, -0.05) is 22.0 Å². The number of rotatable bonds is 8. The van der Waals surface area contributed by atoms with E-state index >= 15 is 0 Å². The highest BCUT2D eigenvalue weighted by molar-refractivity contribution is 9.10. The first kappa shape index (κ1) is 24.2. The second-order valence-electron chi connectivity index (χ2n) is 6.01.